The van der Waals surface area contributed by atoms with Gasteiger partial charge in [0.15, 0.2) is 0 Å². The van der Waals surface area contributed by atoms with E-state index in [-0.39, 0.29) is 46.1 Å². The maximum Gasteiger partial charge on any atom is 0.321 e. The van der Waals surface area contributed by atoms with Gasteiger partial charge in [0.1, 0.15) is 6.04 Å². The van der Waals surface area contributed by atoms with Crippen molar-refractivity contribution >= 4 is 55.5 Å². The smallest absolute Gasteiger partial charge is 0.321 e. The van der Waals surface area contributed by atoms with Crippen LogP contribution in [0.25, 0.3) is 0 Å². The topological polar surface area (TPSA) is 118 Å². The number of hydrogen-bond acceptors (Lipinski definition) is 5. The van der Waals surface area contributed by atoms with E-state index in [4.69, 9.17) is 15.4 Å². The Morgan fingerprint density at radius 1 is 1.58 bits per heavy atom. The zero-order chi connectivity index (χ0) is 9.07. The zero-order valence-electron chi connectivity index (χ0n) is 6.30. The molecule has 67 valence electrons. The quantitative estimate of drug-likeness (QED) is 0.304. The number of rotatable bonds is 4. The maximum absolute atomic E-state index is 10.0. The van der Waals surface area contributed by atoms with Crippen LogP contribution in [-0.4, -0.2) is 65.4 Å². The third kappa shape index (κ3) is 8.78. The fourth-order valence-corrected chi connectivity index (χ4v) is 1.65. The van der Waals surface area contributed by atoms with E-state index in [2.05, 4.69) is 0 Å². The summed E-state index contributed by atoms with van der Waals surface area (Å²) in [5, 5.41) is 8.16. The van der Waals surface area contributed by atoms with Crippen molar-refractivity contribution in [2.75, 3.05) is 5.75 Å². The second-order valence-electron chi connectivity index (χ2n) is 1.66. The molecule has 0 aromatic rings. The van der Waals surface area contributed by atoms with Crippen molar-refractivity contribution in [3.05, 3.63) is 0 Å². The van der Waals surface area contributed by atoms with Gasteiger partial charge in [0, 0.05) is 35.3 Å². The van der Waals surface area contributed by atoms with E-state index in [1.165, 1.54) is 0 Å². The summed E-state index contributed by atoms with van der Waals surface area (Å²) in [6.07, 6.45) is 0. The molecule has 4 N–H and O–H groups in total. The van der Waals surface area contributed by atoms with E-state index in [0.29, 0.717) is 0 Å². The van der Waals surface area contributed by atoms with Crippen LogP contribution in [0.4, 0.5) is 0 Å². The molecule has 0 heterocycles. The first kappa shape index (κ1) is 15.2. The first-order chi connectivity index (χ1) is 4.83. The van der Waals surface area contributed by atoms with Crippen molar-refractivity contribution in [3.8, 4) is 0 Å². The van der Waals surface area contributed by atoms with Crippen molar-refractivity contribution in [1.82, 2.24) is 0 Å². The summed E-state index contributed by atoms with van der Waals surface area (Å²) in [7, 11) is -4.09. The third-order valence-corrected chi connectivity index (χ3v) is 2.81. The molecule has 0 spiro atoms. The Labute approximate surface area is 95.3 Å². The molecule has 0 rings (SSSR count). The monoisotopic (exact) mass is 224 g/mol. The van der Waals surface area contributed by atoms with Gasteiger partial charge in [-0.3, -0.25) is 9.35 Å². The minimum Gasteiger partial charge on any atom is -0.480 e. The summed E-state index contributed by atoms with van der Waals surface area (Å²) in [6.45, 7) is 0. The summed E-state index contributed by atoms with van der Waals surface area (Å²) >= 11 is 0. The molecule has 0 bridgehead atoms. The molecule has 0 aliphatic carbocycles. The van der Waals surface area contributed by atoms with E-state index in [1.54, 1.807) is 0 Å². The first-order valence-electron chi connectivity index (χ1n) is 2.43. The predicted molar refractivity (Wildman–Crippen MR) is 45.4 cm³/mol. The first-order valence-corrected chi connectivity index (χ1v) is 5.37. The van der Waals surface area contributed by atoms with Gasteiger partial charge in [-0.1, -0.05) is 0 Å². The van der Waals surface area contributed by atoms with Crippen molar-refractivity contribution < 1.29 is 22.9 Å². The Hall–Kier alpha value is 0.690. The minimum absolute atomic E-state index is 0. The van der Waals surface area contributed by atoms with Crippen molar-refractivity contribution in [1.29, 1.82) is 0 Å². The maximum atomic E-state index is 10.0. The number of carboxylic acid groups (broad SMARTS) is 1. The van der Waals surface area contributed by atoms with Crippen LogP contribution in [0.15, 0.2) is 0 Å². The average Bonchev–Trinajstić information content (AvgIpc) is 1.80. The van der Waals surface area contributed by atoms with Gasteiger partial charge in [0.2, 0.25) is 0 Å². The summed E-state index contributed by atoms with van der Waals surface area (Å²) < 4.78 is 28.2. The predicted octanol–water partition coefficient (Wildman–Crippen LogP) is -1.45. The third-order valence-electron chi connectivity index (χ3n) is 0.714. The SMILES string of the molecule is N[C@@H](CSS(=O)(=O)O)C(=O)O.[Na]. The molecular formula is C3H7NNaO5S2. The van der Waals surface area contributed by atoms with Crippen LogP contribution in [0.5, 0.6) is 0 Å². The van der Waals surface area contributed by atoms with Gasteiger partial charge in [-0.2, -0.15) is 8.42 Å². The molecule has 0 aliphatic rings. The van der Waals surface area contributed by atoms with Gasteiger partial charge >= 0.3 is 15.1 Å². The van der Waals surface area contributed by atoms with Gasteiger partial charge in [0.25, 0.3) is 0 Å². The van der Waals surface area contributed by atoms with Crippen molar-refractivity contribution in [2.24, 2.45) is 5.73 Å². The van der Waals surface area contributed by atoms with Crippen LogP contribution in [0.3, 0.4) is 0 Å². The second kappa shape index (κ2) is 6.19. The van der Waals surface area contributed by atoms with E-state index < -0.39 is 21.2 Å². The Morgan fingerprint density at radius 2 is 2.00 bits per heavy atom. The average molecular weight is 224 g/mol. The number of nitrogens with two attached hydrogens (primary N) is 1. The largest absolute Gasteiger partial charge is 0.480 e. The fourth-order valence-electron chi connectivity index (χ4n) is 0.231. The molecule has 0 saturated heterocycles. The molecule has 0 aromatic carbocycles. The minimum atomic E-state index is -4.18. The van der Waals surface area contributed by atoms with E-state index in [0.717, 1.165) is 0 Å². The van der Waals surface area contributed by atoms with E-state index in [9.17, 15) is 13.2 Å². The molecule has 1 radical (unpaired) electrons. The molecule has 12 heavy (non-hydrogen) atoms. The van der Waals surface area contributed by atoms with Crippen LogP contribution in [0.2, 0.25) is 0 Å². The Balaban J connectivity index is 0. The van der Waals surface area contributed by atoms with Crippen molar-refractivity contribution in [3.63, 3.8) is 0 Å². The van der Waals surface area contributed by atoms with Gasteiger partial charge in [-0.05, 0) is 10.8 Å². The van der Waals surface area contributed by atoms with Gasteiger partial charge in [-0.15, -0.1) is 0 Å². The van der Waals surface area contributed by atoms with Crippen LogP contribution >= 0.6 is 10.8 Å². The molecule has 0 amide bonds. The molecule has 1 atom stereocenters. The standard InChI is InChI=1S/C3H7NO5S2.Na/c4-2(3(5)6)1-10-11(7,8)9;/h2H,1,4H2,(H,5,6)(H,7,8,9);/t2-;/m0./s1. The molecule has 0 aromatic heterocycles. The molecule has 9 heteroatoms. The van der Waals surface area contributed by atoms with Gasteiger partial charge in [0.05, 0.1) is 0 Å². The van der Waals surface area contributed by atoms with Crippen molar-refractivity contribution in [2.45, 2.75) is 6.04 Å². The molecule has 0 saturated carbocycles. The molecule has 0 unspecified atom stereocenters. The summed E-state index contributed by atoms with van der Waals surface area (Å²) in [6, 6.07) is -1.28. The van der Waals surface area contributed by atoms with Gasteiger partial charge < -0.3 is 10.8 Å². The number of aliphatic carboxylic acids is 1. The molecule has 0 aliphatic heterocycles. The van der Waals surface area contributed by atoms with E-state index in [1.807, 2.05) is 0 Å². The summed E-state index contributed by atoms with van der Waals surface area (Å²) in [5.41, 5.74) is 4.93. The van der Waals surface area contributed by atoms with Crippen LogP contribution in [-0.2, 0) is 13.9 Å². The summed E-state index contributed by atoms with van der Waals surface area (Å²) in [4.78, 5) is 10.0. The Bertz CT molecular complexity index is 239. The van der Waals surface area contributed by atoms with Crippen LogP contribution in [0, 0.1) is 0 Å². The normalized spacial score (nSPS) is 13.2. The van der Waals surface area contributed by atoms with Crippen LogP contribution < -0.4 is 5.73 Å². The molecule has 0 fully saturated rings. The zero-order valence-corrected chi connectivity index (χ0v) is 9.93. The van der Waals surface area contributed by atoms with Crippen LogP contribution in [0.1, 0.15) is 0 Å². The molecular weight excluding hydrogens is 217 g/mol. The number of hydrogen-bond donors (Lipinski definition) is 3. The molecule has 6 nitrogen and oxygen atoms in total. The Kier molecular flexibility index (Phi) is 7.83. The second-order valence-corrected chi connectivity index (χ2v) is 5.05. The van der Waals surface area contributed by atoms with E-state index >= 15 is 0 Å². The number of carbonyl (C=O) groups is 1. The summed E-state index contributed by atoms with van der Waals surface area (Å²) in [5.74, 6) is -1.67. The fraction of sp³-hybridized carbons (Fsp3) is 0.667. The number of carboxylic acids is 1. The Morgan fingerprint density at radius 3 is 2.25 bits per heavy atom. The van der Waals surface area contributed by atoms with Gasteiger partial charge in [-0.25, -0.2) is 0 Å².